The maximum Gasteiger partial charge on any atom is 0.271 e. The van der Waals surface area contributed by atoms with Gasteiger partial charge < -0.3 is 14.5 Å². The molecule has 0 saturated carbocycles. The Morgan fingerprint density at radius 2 is 2.00 bits per heavy atom. The van der Waals surface area contributed by atoms with Gasteiger partial charge in [0.1, 0.15) is 22.4 Å². The molecule has 1 amide bonds. The van der Waals surface area contributed by atoms with Crippen LogP contribution in [0.4, 0.5) is 0 Å². The molecule has 1 fully saturated rings. The second kappa shape index (κ2) is 8.37. The molecule has 1 aromatic carbocycles. The van der Waals surface area contributed by atoms with Crippen molar-refractivity contribution in [1.82, 2.24) is 24.3 Å². The van der Waals surface area contributed by atoms with Crippen LogP contribution in [0.3, 0.4) is 0 Å². The lowest BCUT2D eigenvalue weighted by Gasteiger charge is -2.32. The third-order valence-corrected chi connectivity index (χ3v) is 7.64. The Balaban J connectivity index is 1.66. The number of hydrogen-bond acceptors (Lipinski definition) is 6. The first-order chi connectivity index (χ1) is 14.4. The third-order valence-electron chi connectivity index (χ3n) is 5.68. The Hall–Kier alpha value is -2.43. The average Bonchev–Trinajstić information content (AvgIpc) is 3.15. The molecule has 0 spiro atoms. The fourth-order valence-electron chi connectivity index (χ4n) is 4.09. The van der Waals surface area contributed by atoms with Crippen LogP contribution in [0.15, 0.2) is 41.4 Å². The second-order valence-corrected chi connectivity index (χ2v) is 9.79. The Morgan fingerprint density at radius 1 is 1.23 bits per heavy atom. The van der Waals surface area contributed by atoms with Crippen LogP contribution in [0.1, 0.15) is 23.3 Å². The van der Waals surface area contributed by atoms with E-state index >= 15 is 0 Å². The van der Waals surface area contributed by atoms with Gasteiger partial charge in [-0.1, -0.05) is 12.1 Å². The molecule has 9 nitrogen and oxygen atoms in total. The first kappa shape index (κ1) is 20.8. The zero-order valence-corrected chi connectivity index (χ0v) is 18.0. The molecular formula is C20H27N5O4S. The van der Waals surface area contributed by atoms with Crippen LogP contribution in [-0.2, 0) is 10.0 Å². The Kier molecular flexibility index (Phi) is 5.81. The number of para-hydroxylation sites is 1. The molecule has 3 heterocycles. The summed E-state index contributed by atoms with van der Waals surface area (Å²) < 4.78 is 34.9. The van der Waals surface area contributed by atoms with Gasteiger partial charge in [-0.05, 0) is 38.7 Å². The molecule has 4 rings (SSSR count). The molecule has 1 saturated heterocycles. The number of nitrogens with one attached hydrogen (secondary N) is 1. The summed E-state index contributed by atoms with van der Waals surface area (Å²) in [6, 6.07) is 8.11. The number of nitrogens with zero attached hydrogens (tertiary/aromatic N) is 4. The number of hydrogen-bond donors (Lipinski definition) is 1. The maximum atomic E-state index is 13.5. The van der Waals surface area contributed by atoms with Crippen LogP contribution >= 0.6 is 0 Å². The Labute approximate surface area is 176 Å². The lowest BCUT2D eigenvalue weighted by Crippen LogP contribution is -2.49. The molecule has 0 bridgehead atoms. The number of carbonyl (C=O) groups excluding carboxylic acids is 1. The van der Waals surface area contributed by atoms with Crippen LogP contribution in [0, 0.1) is 0 Å². The van der Waals surface area contributed by atoms with Gasteiger partial charge in [-0.25, -0.2) is 8.42 Å². The number of fused-ring (bicyclic) bond motifs is 2. The number of amides is 1. The van der Waals surface area contributed by atoms with Crippen LogP contribution in [0.2, 0.25) is 0 Å². The van der Waals surface area contributed by atoms with E-state index in [9.17, 15) is 13.2 Å². The maximum absolute atomic E-state index is 13.5. The fraction of sp³-hybridized carbons (Fsp3) is 0.500. The minimum absolute atomic E-state index is 0.132. The van der Waals surface area contributed by atoms with Crippen LogP contribution < -0.4 is 4.74 Å². The molecule has 2 aliphatic heterocycles. The summed E-state index contributed by atoms with van der Waals surface area (Å²) in [5.74, 6) is 0.250. The van der Waals surface area contributed by atoms with Crippen molar-refractivity contribution in [2.75, 3.05) is 40.3 Å². The van der Waals surface area contributed by atoms with E-state index < -0.39 is 10.0 Å². The van der Waals surface area contributed by atoms with Gasteiger partial charge in [0.15, 0.2) is 0 Å². The van der Waals surface area contributed by atoms with E-state index in [1.807, 2.05) is 19.0 Å². The molecule has 2 atom stereocenters. The monoisotopic (exact) mass is 433 g/mol. The number of benzene rings is 1. The van der Waals surface area contributed by atoms with E-state index in [0.29, 0.717) is 50.5 Å². The summed E-state index contributed by atoms with van der Waals surface area (Å²) in [4.78, 5) is 16.7. The van der Waals surface area contributed by atoms with Crippen molar-refractivity contribution < 1.29 is 17.9 Å². The normalized spacial score (nSPS) is 23.8. The number of ether oxygens (including phenoxy) is 1. The number of likely N-dealkylation sites (tertiary alicyclic amines) is 1. The van der Waals surface area contributed by atoms with Gasteiger partial charge in [0.25, 0.3) is 5.91 Å². The molecule has 30 heavy (non-hydrogen) atoms. The average molecular weight is 434 g/mol. The van der Waals surface area contributed by atoms with E-state index in [4.69, 9.17) is 4.74 Å². The quantitative estimate of drug-likeness (QED) is 0.773. The van der Waals surface area contributed by atoms with Gasteiger partial charge in [0.05, 0.1) is 6.04 Å². The number of H-pyrrole nitrogens is 1. The van der Waals surface area contributed by atoms with Crippen molar-refractivity contribution in [2.24, 2.45) is 0 Å². The zero-order valence-electron chi connectivity index (χ0n) is 17.2. The van der Waals surface area contributed by atoms with E-state index in [1.165, 1.54) is 0 Å². The van der Waals surface area contributed by atoms with E-state index in [2.05, 4.69) is 10.2 Å². The number of sulfonamides is 1. The molecule has 0 radical (unpaired) electrons. The highest BCUT2D eigenvalue weighted by atomic mass is 32.2. The first-order valence-corrected chi connectivity index (χ1v) is 11.5. The van der Waals surface area contributed by atoms with Crippen LogP contribution in [0.5, 0.6) is 5.75 Å². The third kappa shape index (κ3) is 3.94. The Bertz CT molecular complexity index is 992. The van der Waals surface area contributed by atoms with Crippen molar-refractivity contribution in [3.8, 4) is 5.75 Å². The van der Waals surface area contributed by atoms with Crippen molar-refractivity contribution in [3.63, 3.8) is 0 Å². The van der Waals surface area contributed by atoms with E-state index in [0.717, 1.165) is 0 Å². The zero-order chi connectivity index (χ0) is 21.3. The van der Waals surface area contributed by atoms with E-state index in [1.54, 1.807) is 45.7 Å². The van der Waals surface area contributed by atoms with Gasteiger partial charge in [-0.3, -0.25) is 9.89 Å². The van der Waals surface area contributed by atoms with Crippen LogP contribution in [-0.4, -0.2) is 91.0 Å². The number of rotatable bonds is 4. The summed E-state index contributed by atoms with van der Waals surface area (Å²) in [7, 11) is 0.121. The summed E-state index contributed by atoms with van der Waals surface area (Å²) >= 11 is 0. The first-order valence-electron chi connectivity index (χ1n) is 10.1. The fourth-order valence-corrected chi connectivity index (χ4v) is 5.88. The Morgan fingerprint density at radius 3 is 2.73 bits per heavy atom. The standard InChI is InChI=1S/C20H27N5O4S/c1-23(2)13-14-25-16-8-11-24(20(26)15-7-10-21-22-15)12-9-17(16)29-18-5-3-4-6-19(18)30(25,27)28/h3-7,10,16-17H,8-9,11-14H2,1-2H3,(H,21,22)/t16-,17+/m1/s1. The molecule has 10 heteroatoms. The van der Waals surface area contributed by atoms with Gasteiger partial charge >= 0.3 is 0 Å². The van der Waals surface area contributed by atoms with Crippen molar-refractivity contribution in [2.45, 2.75) is 29.9 Å². The highest BCUT2D eigenvalue weighted by Crippen LogP contribution is 2.36. The van der Waals surface area contributed by atoms with Crippen molar-refractivity contribution in [3.05, 3.63) is 42.2 Å². The number of likely N-dealkylation sites (N-methyl/N-ethyl adjacent to an activating group) is 1. The largest absolute Gasteiger partial charge is 0.487 e. The highest BCUT2D eigenvalue weighted by Gasteiger charge is 2.43. The predicted molar refractivity (Wildman–Crippen MR) is 111 cm³/mol. The second-order valence-electron chi connectivity index (χ2n) is 7.93. The van der Waals surface area contributed by atoms with Crippen LogP contribution in [0.25, 0.3) is 0 Å². The summed E-state index contributed by atoms with van der Waals surface area (Å²) in [5.41, 5.74) is 0.431. The molecular weight excluding hydrogens is 406 g/mol. The van der Waals surface area contributed by atoms with Gasteiger partial charge in [0, 0.05) is 38.8 Å². The lowest BCUT2D eigenvalue weighted by atomic mass is 10.1. The predicted octanol–water partition coefficient (Wildman–Crippen LogP) is 1.03. The summed E-state index contributed by atoms with van der Waals surface area (Å²) in [5, 5.41) is 6.56. The minimum Gasteiger partial charge on any atom is -0.487 e. The number of carbonyl (C=O) groups is 1. The summed E-state index contributed by atoms with van der Waals surface area (Å²) in [6.45, 7) is 1.90. The molecule has 2 aromatic rings. The minimum atomic E-state index is -3.72. The molecule has 0 aliphatic carbocycles. The molecule has 162 valence electrons. The molecule has 1 aromatic heterocycles. The molecule has 0 unspecified atom stereocenters. The molecule has 1 N–H and O–H groups in total. The topological polar surface area (TPSA) is 98.8 Å². The van der Waals surface area contributed by atoms with E-state index in [-0.39, 0.29) is 22.9 Å². The van der Waals surface area contributed by atoms with Crippen molar-refractivity contribution >= 4 is 15.9 Å². The van der Waals surface area contributed by atoms with Gasteiger partial charge in [-0.2, -0.15) is 9.40 Å². The number of aromatic amines is 1. The SMILES string of the molecule is CN(C)CCN1[C@@H]2CCN(C(=O)c3ccn[nH]3)CC[C@@H]2Oc2ccccc2S1(=O)=O. The van der Waals surface area contributed by atoms with Gasteiger partial charge in [0.2, 0.25) is 10.0 Å². The van der Waals surface area contributed by atoms with Gasteiger partial charge in [-0.15, -0.1) is 0 Å². The number of aromatic nitrogens is 2. The smallest absolute Gasteiger partial charge is 0.271 e. The molecule has 2 aliphatic rings. The lowest BCUT2D eigenvalue weighted by molar-refractivity contribution is 0.0749. The highest BCUT2D eigenvalue weighted by molar-refractivity contribution is 7.89. The summed E-state index contributed by atoms with van der Waals surface area (Å²) in [6.07, 6.45) is 2.27. The van der Waals surface area contributed by atoms with Crippen molar-refractivity contribution in [1.29, 1.82) is 0 Å².